The molecule has 1 aliphatic heterocycles. The topological polar surface area (TPSA) is 33.3 Å². The molecule has 3 nitrogen and oxygen atoms in total. The molecule has 2 atom stereocenters. The standard InChI is InChI=1S/C9H20N2O/c1-8-5-11-7-9(8)6-10-3-4-12-2/h8-11H,3-7H2,1-2H3. The highest BCUT2D eigenvalue weighted by molar-refractivity contribution is 4.79. The molecule has 0 saturated carbocycles. The number of hydrogen-bond donors (Lipinski definition) is 2. The number of methoxy groups -OCH3 is 1. The molecule has 3 heteroatoms. The maximum absolute atomic E-state index is 4.96. The molecule has 1 fully saturated rings. The first kappa shape index (κ1) is 9.96. The molecule has 1 rings (SSSR count). The van der Waals surface area contributed by atoms with Gasteiger partial charge < -0.3 is 15.4 Å². The Morgan fingerprint density at radius 1 is 1.50 bits per heavy atom. The van der Waals surface area contributed by atoms with Crippen LogP contribution in [0, 0.1) is 11.8 Å². The van der Waals surface area contributed by atoms with Crippen LogP contribution in [0.4, 0.5) is 0 Å². The van der Waals surface area contributed by atoms with Crippen molar-refractivity contribution >= 4 is 0 Å². The van der Waals surface area contributed by atoms with Crippen LogP contribution in [0.1, 0.15) is 6.92 Å². The molecule has 0 bridgehead atoms. The Morgan fingerprint density at radius 2 is 2.33 bits per heavy atom. The van der Waals surface area contributed by atoms with E-state index in [2.05, 4.69) is 17.6 Å². The fourth-order valence-electron chi connectivity index (χ4n) is 1.60. The molecule has 2 unspecified atom stereocenters. The van der Waals surface area contributed by atoms with Crippen molar-refractivity contribution in [3.05, 3.63) is 0 Å². The van der Waals surface area contributed by atoms with E-state index in [4.69, 9.17) is 4.74 Å². The molecular weight excluding hydrogens is 152 g/mol. The summed E-state index contributed by atoms with van der Waals surface area (Å²) in [6.07, 6.45) is 0. The molecule has 0 radical (unpaired) electrons. The summed E-state index contributed by atoms with van der Waals surface area (Å²) < 4.78 is 4.96. The Morgan fingerprint density at radius 3 is 2.92 bits per heavy atom. The van der Waals surface area contributed by atoms with E-state index in [0.29, 0.717) is 0 Å². The third-order valence-electron chi connectivity index (χ3n) is 2.57. The fraction of sp³-hybridized carbons (Fsp3) is 1.00. The zero-order chi connectivity index (χ0) is 8.81. The van der Waals surface area contributed by atoms with E-state index in [-0.39, 0.29) is 0 Å². The zero-order valence-electron chi connectivity index (χ0n) is 8.10. The van der Waals surface area contributed by atoms with Crippen molar-refractivity contribution in [2.45, 2.75) is 6.92 Å². The van der Waals surface area contributed by atoms with E-state index in [1.165, 1.54) is 13.1 Å². The molecule has 0 aromatic heterocycles. The van der Waals surface area contributed by atoms with Gasteiger partial charge >= 0.3 is 0 Å². The second-order valence-electron chi connectivity index (χ2n) is 3.59. The van der Waals surface area contributed by atoms with Crippen molar-refractivity contribution in [1.29, 1.82) is 0 Å². The van der Waals surface area contributed by atoms with Crippen LogP contribution in [0.15, 0.2) is 0 Å². The third kappa shape index (κ3) is 3.09. The van der Waals surface area contributed by atoms with Gasteiger partial charge in [0.2, 0.25) is 0 Å². The maximum atomic E-state index is 4.96. The number of ether oxygens (including phenoxy) is 1. The predicted molar refractivity (Wildman–Crippen MR) is 50.3 cm³/mol. The van der Waals surface area contributed by atoms with Crippen LogP contribution in [0.5, 0.6) is 0 Å². The van der Waals surface area contributed by atoms with Crippen molar-refractivity contribution in [3.8, 4) is 0 Å². The number of hydrogen-bond acceptors (Lipinski definition) is 3. The van der Waals surface area contributed by atoms with E-state index in [0.717, 1.165) is 31.5 Å². The molecule has 0 aromatic carbocycles. The summed E-state index contributed by atoms with van der Waals surface area (Å²) in [6.45, 7) is 7.56. The lowest BCUT2D eigenvalue weighted by molar-refractivity contribution is 0.197. The molecule has 2 N–H and O–H groups in total. The van der Waals surface area contributed by atoms with Crippen molar-refractivity contribution in [3.63, 3.8) is 0 Å². The average Bonchev–Trinajstić information content (AvgIpc) is 2.46. The average molecular weight is 172 g/mol. The van der Waals surface area contributed by atoms with Gasteiger partial charge in [0, 0.05) is 13.7 Å². The van der Waals surface area contributed by atoms with E-state index in [1.54, 1.807) is 7.11 Å². The van der Waals surface area contributed by atoms with E-state index in [1.807, 2.05) is 0 Å². The lowest BCUT2D eigenvalue weighted by Gasteiger charge is -2.14. The Hall–Kier alpha value is -0.120. The molecular formula is C9H20N2O. The highest BCUT2D eigenvalue weighted by Crippen LogP contribution is 2.13. The van der Waals surface area contributed by atoms with Gasteiger partial charge in [0.15, 0.2) is 0 Å². The van der Waals surface area contributed by atoms with E-state index >= 15 is 0 Å². The van der Waals surface area contributed by atoms with Crippen LogP contribution in [0.25, 0.3) is 0 Å². The molecule has 0 spiro atoms. The molecule has 72 valence electrons. The largest absolute Gasteiger partial charge is 0.383 e. The summed E-state index contributed by atoms with van der Waals surface area (Å²) in [5, 5.41) is 6.79. The molecule has 0 amide bonds. The lowest BCUT2D eigenvalue weighted by Crippen LogP contribution is -2.29. The number of nitrogens with one attached hydrogen (secondary N) is 2. The first-order chi connectivity index (χ1) is 5.84. The van der Waals surface area contributed by atoms with Gasteiger partial charge in [-0.1, -0.05) is 6.92 Å². The van der Waals surface area contributed by atoms with Crippen molar-refractivity contribution in [1.82, 2.24) is 10.6 Å². The molecule has 12 heavy (non-hydrogen) atoms. The van der Waals surface area contributed by atoms with Gasteiger partial charge in [-0.3, -0.25) is 0 Å². The summed E-state index contributed by atoms with van der Waals surface area (Å²) in [4.78, 5) is 0. The van der Waals surface area contributed by atoms with Crippen LogP contribution in [0.3, 0.4) is 0 Å². The van der Waals surface area contributed by atoms with Crippen molar-refractivity contribution in [2.75, 3.05) is 39.9 Å². The normalized spacial score (nSPS) is 29.5. The van der Waals surface area contributed by atoms with Crippen molar-refractivity contribution < 1.29 is 4.74 Å². The highest BCUT2D eigenvalue weighted by atomic mass is 16.5. The van der Waals surface area contributed by atoms with Crippen molar-refractivity contribution in [2.24, 2.45) is 11.8 Å². The summed E-state index contributed by atoms with van der Waals surface area (Å²) >= 11 is 0. The Bertz CT molecular complexity index is 119. The zero-order valence-corrected chi connectivity index (χ0v) is 8.10. The van der Waals surface area contributed by atoms with Crippen LogP contribution in [-0.2, 0) is 4.74 Å². The minimum atomic E-state index is 0.807. The SMILES string of the molecule is COCCNCC1CNCC1C. The van der Waals surface area contributed by atoms with Gasteiger partial charge in [-0.25, -0.2) is 0 Å². The second-order valence-corrected chi connectivity index (χ2v) is 3.59. The Labute approximate surface area is 74.9 Å². The first-order valence-corrected chi connectivity index (χ1v) is 4.75. The second kappa shape index (κ2) is 5.51. The summed E-state index contributed by atoms with van der Waals surface area (Å²) in [6, 6.07) is 0. The molecule has 1 saturated heterocycles. The smallest absolute Gasteiger partial charge is 0.0587 e. The van der Waals surface area contributed by atoms with Gasteiger partial charge in [-0.15, -0.1) is 0 Å². The monoisotopic (exact) mass is 172 g/mol. The maximum Gasteiger partial charge on any atom is 0.0587 e. The summed E-state index contributed by atoms with van der Waals surface area (Å²) in [5.41, 5.74) is 0. The molecule has 1 aliphatic rings. The van der Waals surface area contributed by atoms with Gasteiger partial charge in [0.25, 0.3) is 0 Å². The Kier molecular flexibility index (Phi) is 4.58. The van der Waals surface area contributed by atoms with Crippen LogP contribution >= 0.6 is 0 Å². The van der Waals surface area contributed by atoms with Crippen LogP contribution in [-0.4, -0.2) is 39.9 Å². The van der Waals surface area contributed by atoms with E-state index in [9.17, 15) is 0 Å². The number of rotatable bonds is 5. The summed E-state index contributed by atoms with van der Waals surface area (Å²) in [5.74, 6) is 1.63. The minimum Gasteiger partial charge on any atom is -0.383 e. The fourth-order valence-corrected chi connectivity index (χ4v) is 1.60. The van der Waals surface area contributed by atoms with Gasteiger partial charge in [-0.05, 0) is 31.5 Å². The minimum absolute atomic E-state index is 0.807. The first-order valence-electron chi connectivity index (χ1n) is 4.75. The molecule has 0 aromatic rings. The molecule has 1 heterocycles. The van der Waals surface area contributed by atoms with Gasteiger partial charge in [-0.2, -0.15) is 0 Å². The quantitative estimate of drug-likeness (QED) is 0.576. The van der Waals surface area contributed by atoms with E-state index < -0.39 is 0 Å². The summed E-state index contributed by atoms with van der Waals surface area (Å²) in [7, 11) is 1.74. The third-order valence-corrected chi connectivity index (χ3v) is 2.57. The van der Waals surface area contributed by atoms with Gasteiger partial charge in [0.1, 0.15) is 0 Å². The van der Waals surface area contributed by atoms with Gasteiger partial charge in [0.05, 0.1) is 6.61 Å². The highest BCUT2D eigenvalue weighted by Gasteiger charge is 2.21. The molecule has 0 aliphatic carbocycles. The Balaban J connectivity index is 1.98. The lowest BCUT2D eigenvalue weighted by atomic mass is 9.98. The van der Waals surface area contributed by atoms with Crippen LogP contribution in [0.2, 0.25) is 0 Å². The van der Waals surface area contributed by atoms with Crippen LogP contribution < -0.4 is 10.6 Å². The predicted octanol–water partition coefficient (Wildman–Crippen LogP) is 0.0779.